The summed E-state index contributed by atoms with van der Waals surface area (Å²) in [7, 11) is 0. The number of nitrogens with one attached hydrogen (secondary N) is 2. The van der Waals surface area contributed by atoms with Crippen molar-refractivity contribution >= 4 is 24.0 Å². The minimum absolute atomic E-state index is 0.0331. The van der Waals surface area contributed by atoms with Crippen LogP contribution in [0, 0.1) is 0 Å². The molecule has 0 radical (unpaired) electrons. The van der Waals surface area contributed by atoms with Gasteiger partial charge in [-0.2, -0.15) is 0 Å². The van der Waals surface area contributed by atoms with Gasteiger partial charge in [-0.15, -0.1) is 0 Å². The number of carbonyl (C=O) groups is 4. The number of imide groups is 1. The minimum atomic E-state index is -0.750. The third-order valence-corrected chi connectivity index (χ3v) is 5.86. The fourth-order valence-electron chi connectivity index (χ4n) is 3.92. The van der Waals surface area contributed by atoms with Gasteiger partial charge in [0.15, 0.2) is 0 Å². The highest BCUT2D eigenvalue weighted by molar-refractivity contribution is 6.21. The molecule has 0 aromatic heterocycles. The Morgan fingerprint density at radius 2 is 1.23 bits per heavy atom. The van der Waals surface area contributed by atoms with E-state index < -0.39 is 30.0 Å². The van der Waals surface area contributed by atoms with Crippen molar-refractivity contribution in [1.82, 2.24) is 15.5 Å². The van der Waals surface area contributed by atoms with E-state index in [4.69, 9.17) is 14.2 Å². The number of fused-ring (bicyclic) bond motifs is 1. The van der Waals surface area contributed by atoms with Crippen molar-refractivity contribution in [2.24, 2.45) is 0 Å². The molecule has 1 aliphatic rings. The Balaban J connectivity index is 1.27. The first kappa shape index (κ1) is 27.3. The first-order chi connectivity index (χ1) is 19.0. The molecule has 0 bridgehead atoms. The lowest BCUT2D eigenvalue weighted by Crippen LogP contribution is -2.48. The number of benzene rings is 3. The predicted octanol–water partition coefficient (Wildman–Crippen LogP) is 3.52. The Hall–Kier alpha value is -4.70. The Morgan fingerprint density at radius 3 is 1.79 bits per heavy atom. The Morgan fingerprint density at radius 1 is 0.718 bits per heavy atom. The van der Waals surface area contributed by atoms with Crippen LogP contribution in [0.5, 0.6) is 0 Å². The number of hydrogen-bond donors (Lipinski definition) is 2. The molecule has 2 N–H and O–H groups in total. The lowest BCUT2D eigenvalue weighted by molar-refractivity contribution is 0.0564. The molecule has 0 fully saturated rings. The molecule has 1 aliphatic heterocycles. The quantitative estimate of drug-likeness (QED) is 0.271. The summed E-state index contributed by atoms with van der Waals surface area (Å²) in [6, 6.07) is 24.3. The van der Waals surface area contributed by atoms with Gasteiger partial charge in [-0.3, -0.25) is 14.5 Å². The molecular weight excluding hydrogens is 502 g/mol. The van der Waals surface area contributed by atoms with Crippen LogP contribution in [0.2, 0.25) is 0 Å². The normalized spacial score (nSPS) is 13.0. The van der Waals surface area contributed by atoms with Crippen LogP contribution < -0.4 is 10.6 Å². The van der Waals surface area contributed by atoms with Gasteiger partial charge in [0.25, 0.3) is 11.8 Å². The predicted molar refractivity (Wildman–Crippen MR) is 141 cm³/mol. The topological polar surface area (TPSA) is 123 Å². The Kier molecular flexibility index (Phi) is 9.63. The fourth-order valence-corrected chi connectivity index (χ4v) is 3.92. The van der Waals surface area contributed by atoms with Crippen molar-refractivity contribution < 1.29 is 33.4 Å². The van der Waals surface area contributed by atoms with E-state index in [9.17, 15) is 19.2 Å². The van der Waals surface area contributed by atoms with Crippen molar-refractivity contribution in [2.45, 2.75) is 19.3 Å². The molecule has 0 unspecified atom stereocenters. The van der Waals surface area contributed by atoms with Gasteiger partial charge >= 0.3 is 12.2 Å². The fraction of sp³-hybridized carbons (Fsp3) is 0.241. The molecule has 3 aromatic carbocycles. The second kappa shape index (κ2) is 13.7. The lowest BCUT2D eigenvalue weighted by atomic mass is 10.1. The summed E-state index contributed by atoms with van der Waals surface area (Å²) in [4.78, 5) is 51.1. The number of nitrogens with zero attached hydrogens (tertiary/aromatic N) is 1. The second-order valence-electron chi connectivity index (χ2n) is 8.73. The molecule has 202 valence electrons. The minimum Gasteiger partial charge on any atom is -0.445 e. The number of hydrogen-bond acceptors (Lipinski definition) is 7. The first-order valence-electron chi connectivity index (χ1n) is 12.5. The summed E-state index contributed by atoms with van der Waals surface area (Å²) >= 11 is 0. The van der Waals surface area contributed by atoms with Crippen LogP contribution >= 0.6 is 0 Å². The van der Waals surface area contributed by atoms with Crippen LogP contribution in [0.4, 0.5) is 9.59 Å². The molecular formula is C29H29N3O7. The maximum absolute atomic E-state index is 12.8. The highest BCUT2D eigenvalue weighted by Gasteiger charge is 2.36. The Labute approximate surface area is 225 Å². The average molecular weight is 532 g/mol. The van der Waals surface area contributed by atoms with Gasteiger partial charge in [-0.1, -0.05) is 72.8 Å². The molecule has 0 saturated carbocycles. The summed E-state index contributed by atoms with van der Waals surface area (Å²) in [6.07, 6.45) is -1.31. The SMILES string of the molecule is O=C(NCCOC[C@@H](CN1C(=O)c2ccccc2C1=O)NC(=O)OCc1ccccc1)OCc1ccccc1. The van der Waals surface area contributed by atoms with Crippen molar-refractivity contribution in [2.75, 3.05) is 26.3 Å². The van der Waals surface area contributed by atoms with Crippen LogP contribution in [-0.2, 0) is 27.4 Å². The zero-order valence-corrected chi connectivity index (χ0v) is 21.2. The molecule has 10 heteroatoms. The van der Waals surface area contributed by atoms with Crippen LogP contribution in [-0.4, -0.2) is 61.2 Å². The van der Waals surface area contributed by atoms with Crippen LogP contribution in [0.15, 0.2) is 84.9 Å². The van der Waals surface area contributed by atoms with Crippen molar-refractivity contribution in [3.05, 3.63) is 107 Å². The number of ether oxygens (including phenoxy) is 3. The summed E-state index contributed by atoms with van der Waals surface area (Å²) in [5.74, 6) is -0.884. The third-order valence-electron chi connectivity index (χ3n) is 5.86. The van der Waals surface area contributed by atoms with Gasteiger partial charge in [0.05, 0.1) is 36.9 Å². The van der Waals surface area contributed by atoms with Crippen molar-refractivity contribution in [3.8, 4) is 0 Å². The summed E-state index contributed by atoms with van der Waals surface area (Å²) in [5, 5.41) is 5.26. The summed E-state index contributed by atoms with van der Waals surface area (Å²) in [5.41, 5.74) is 2.30. The largest absolute Gasteiger partial charge is 0.445 e. The average Bonchev–Trinajstić information content (AvgIpc) is 3.20. The van der Waals surface area contributed by atoms with E-state index in [1.807, 2.05) is 60.7 Å². The van der Waals surface area contributed by atoms with Gasteiger partial charge in [0.1, 0.15) is 13.2 Å². The van der Waals surface area contributed by atoms with Gasteiger partial charge < -0.3 is 24.8 Å². The molecule has 3 aromatic rings. The second-order valence-corrected chi connectivity index (χ2v) is 8.73. The Bertz CT molecular complexity index is 1250. The molecule has 10 nitrogen and oxygen atoms in total. The standard InChI is InChI=1S/C29H29N3O7/c33-26-24-13-7-8-14-25(24)27(34)32(26)17-23(31-29(36)39-19-22-11-5-2-6-12-22)20-37-16-15-30-28(35)38-18-21-9-3-1-4-10-21/h1-14,23H,15-20H2,(H,30,35)(H,31,36)/t23-/m1/s1. The molecule has 0 aliphatic carbocycles. The van der Waals surface area contributed by atoms with E-state index in [1.54, 1.807) is 24.3 Å². The maximum atomic E-state index is 12.8. The van der Waals surface area contributed by atoms with Crippen LogP contribution in [0.3, 0.4) is 0 Å². The van der Waals surface area contributed by atoms with E-state index >= 15 is 0 Å². The number of rotatable bonds is 12. The van der Waals surface area contributed by atoms with E-state index in [-0.39, 0.29) is 39.5 Å². The smallest absolute Gasteiger partial charge is 0.407 e. The van der Waals surface area contributed by atoms with Crippen LogP contribution in [0.25, 0.3) is 0 Å². The summed E-state index contributed by atoms with van der Waals surface area (Å²) < 4.78 is 16.1. The lowest BCUT2D eigenvalue weighted by Gasteiger charge is -2.23. The van der Waals surface area contributed by atoms with Crippen molar-refractivity contribution in [1.29, 1.82) is 0 Å². The third kappa shape index (κ3) is 7.89. The molecule has 1 heterocycles. The first-order valence-corrected chi connectivity index (χ1v) is 12.5. The zero-order chi connectivity index (χ0) is 27.5. The molecule has 4 amide bonds. The number of amides is 4. The van der Waals surface area contributed by atoms with Gasteiger partial charge in [0.2, 0.25) is 0 Å². The highest BCUT2D eigenvalue weighted by atomic mass is 16.6. The van der Waals surface area contributed by atoms with E-state index in [0.29, 0.717) is 11.1 Å². The zero-order valence-electron chi connectivity index (χ0n) is 21.2. The molecule has 4 rings (SSSR count). The molecule has 39 heavy (non-hydrogen) atoms. The monoisotopic (exact) mass is 531 g/mol. The van der Waals surface area contributed by atoms with E-state index in [0.717, 1.165) is 16.0 Å². The van der Waals surface area contributed by atoms with Gasteiger partial charge in [-0.25, -0.2) is 9.59 Å². The van der Waals surface area contributed by atoms with Gasteiger partial charge in [0, 0.05) is 6.54 Å². The summed E-state index contributed by atoms with van der Waals surface area (Å²) in [6.45, 7) is 0.326. The van der Waals surface area contributed by atoms with E-state index in [2.05, 4.69) is 10.6 Å². The van der Waals surface area contributed by atoms with Gasteiger partial charge in [-0.05, 0) is 23.3 Å². The van der Waals surface area contributed by atoms with Crippen LogP contribution in [0.1, 0.15) is 31.8 Å². The molecule has 1 atom stereocenters. The maximum Gasteiger partial charge on any atom is 0.407 e. The molecule has 0 spiro atoms. The number of alkyl carbamates (subject to hydrolysis) is 2. The molecule has 0 saturated heterocycles. The highest BCUT2D eigenvalue weighted by Crippen LogP contribution is 2.22. The van der Waals surface area contributed by atoms with Crippen molar-refractivity contribution in [3.63, 3.8) is 0 Å². The van der Waals surface area contributed by atoms with E-state index in [1.165, 1.54) is 0 Å². The number of carbonyl (C=O) groups excluding carboxylic acids is 4.